The molecule has 2 aromatic rings. The van der Waals surface area contributed by atoms with Gasteiger partial charge in [0.15, 0.2) is 0 Å². The lowest BCUT2D eigenvalue weighted by Crippen LogP contribution is -2.10. The molecule has 0 saturated heterocycles. The fourth-order valence-corrected chi connectivity index (χ4v) is 1.98. The molecule has 0 heterocycles. The molecule has 0 unspecified atom stereocenters. The van der Waals surface area contributed by atoms with Crippen molar-refractivity contribution in [3.05, 3.63) is 70.3 Å². The second-order valence-electron chi connectivity index (χ2n) is 5.15. The fourth-order valence-electron chi connectivity index (χ4n) is 1.98. The molecule has 2 amide bonds. The minimum Gasteiger partial charge on any atom is -0.326 e. The van der Waals surface area contributed by atoms with Gasteiger partial charge in [-0.05, 0) is 35.9 Å². The van der Waals surface area contributed by atoms with Gasteiger partial charge in [-0.15, -0.1) is 0 Å². The summed E-state index contributed by atoms with van der Waals surface area (Å²) in [4.78, 5) is 33.4. The van der Waals surface area contributed by atoms with Gasteiger partial charge in [-0.25, -0.2) is 0 Å². The van der Waals surface area contributed by atoms with Crippen LogP contribution in [-0.4, -0.2) is 16.7 Å². The van der Waals surface area contributed by atoms with Crippen LogP contribution in [0.5, 0.6) is 0 Å². The molecule has 7 nitrogen and oxygen atoms in total. The second kappa shape index (κ2) is 8.39. The lowest BCUT2D eigenvalue weighted by Gasteiger charge is -2.06. The van der Waals surface area contributed by atoms with Crippen LogP contribution in [0.15, 0.2) is 54.6 Å². The first-order chi connectivity index (χ1) is 12.0. The Morgan fingerprint density at radius 2 is 1.72 bits per heavy atom. The number of carbonyl (C=O) groups excluding carboxylic acids is 2. The highest BCUT2D eigenvalue weighted by Crippen LogP contribution is 2.15. The molecule has 0 aliphatic heterocycles. The van der Waals surface area contributed by atoms with Crippen molar-refractivity contribution < 1.29 is 14.5 Å². The monoisotopic (exact) mass is 339 g/mol. The smallest absolute Gasteiger partial charge is 0.270 e. The predicted molar refractivity (Wildman–Crippen MR) is 96.1 cm³/mol. The molecule has 2 N–H and O–H groups in total. The number of rotatable bonds is 6. The van der Waals surface area contributed by atoms with E-state index in [0.29, 0.717) is 23.4 Å². The van der Waals surface area contributed by atoms with Gasteiger partial charge < -0.3 is 10.6 Å². The third-order valence-electron chi connectivity index (χ3n) is 3.27. The van der Waals surface area contributed by atoms with E-state index in [0.717, 1.165) is 0 Å². The maximum Gasteiger partial charge on any atom is 0.270 e. The van der Waals surface area contributed by atoms with Gasteiger partial charge in [-0.3, -0.25) is 19.7 Å². The predicted octanol–water partition coefficient (Wildman–Crippen LogP) is 3.60. The number of nitrogens with one attached hydrogen (secondary N) is 2. The number of benzene rings is 2. The maximum absolute atomic E-state index is 11.9. The van der Waals surface area contributed by atoms with Crippen LogP contribution in [0, 0.1) is 10.1 Å². The van der Waals surface area contributed by atoms with Gasteiger partial charge in [0.25, 0.3) is 5.69 Å². The summed E-state index contributed by atoms with van der Waals surface area (Å²) in [5, 5.41) is 16.1. The molecule has 128 valence electrons. The van der Waals surface area contributed by atoms with E-state index < -0.39 is 4.92 Å². The Labute approximate surface area is 144 Å². The van der Waals surface area contributed by atoms with Crippen molar-refractivity contribution in [1.82, 2.24) is 0 Å². The van der Waals surface area contributed by atoms with Crippen LogP contribution in [0.1, 0.15) is 18.9 Å². The van der Waals surface area contributed by atoms with Crippen molar-refractivity contribution in [2.75, 3.05) is 10.6 Å². The highest BCUT2D eigenvalue weighted by molar-refractivity contribution is 6.02. The number of non-ortho nitro benzene ring substituents is 1. The molecular weight excluding hydrogens is 322 g/mol. The third-order valence-corrected chi connectivity index (χ3v) is 3.27. The van der Waals surface area contributed by atoms with E-state index in [1.165, 1.54) is 24.3 Å². The molecule has 0 fully saturated rings. The summed E-state index contributed by atoms with van der Waals surface area (Å²) in [6.45, 7) is 1.76. The quantitative estimate of drug-likeness (QED) is 0.477. The molecule has 2 rings (SSSR count). The summed E-state index contributed by atoms with van der Waals surface area (Å²) in [6, 6.07) is 12.7. The van der Waals surface area contributed by atoms with Crippen molar-refractivity contribution in [2.24, 2.45) is 0 Å². The summed E-state index contributed by atoms with van der Waals surface area (Å²) >= 11 is 0. The average Bonchev–Trinajstić information content (AvgIpc) is 2.61. The number of hydrogen-bond donors (Lipinski definition) is 2. The van der Waals surface area contributed by atoms with Gasteiger partial charge in [-0.2, -0.15) is 0 Å². The van der Waals surface area contributed by atoms with Crippen LogP contribution in [0.2, 0.25) is 0 Å². The Bertz CT molecular complexity index is 813. The Kier molecular flexibility index (Phi) is 6.00. The number of nitrogens with zero attached hydrogens (tertiary/aromatic N) is 1. The number of carbonyl (C=O) groups is 2. The molecule has 0 aliphatic rings. The standard InChI is InChI=1S/C18H17N3O4/c1-2-17(22)19-14-7-9-15(10-8-14)20-18(23)11-6-13-4-3-5-16(12-13)21(24)25/h3-12H,2H2,1H3,(H,19,22)(H,20,23)/b11-6+. The Hall–Kier alpha value is -3.48. The van der Waals surface area contributed by atoms with E-state index in [9.17, 15) is 19.7 Å². The zero-order valence-electron chi connectivity index (χ0n) is 13.6. The molecule has 0 radical (unpaired) electrons. The van der Waals surface area contributed by atoms with Crippen LogP contribution in [0.4, 0.5) is 17.1 Å². The number of anilines is 2. The topological polar surface area (TPSA) is 101 Å². The zero-order valence-corrected chi connectivity index (χ0v) is 13.6. The normalized spacial score (nSPS) is 10.4. The van der Waals surface area contributed by atoms with Gasteiger partial charge in [0.05, 0.1) is 4.92 Å². The molecule has 2 aromatic carbocycles. The van der Waals surface area contributed by atoms with E-state index in [4.69, 9.17) is 0 Å². The van der Waals surface area contributed by atoms with Crippen LogP contribution < -0.4 is 10.6 Å². The molecule has 25 heavy (non-hydrogen) atoms. The number of nitro benzene ring substituents is 1. The highest BCUT2D eigenvalue weighted by Gasteiger charge is 2.04. The fraction of sp³-hybridized carbons (Fsp3) is 0.111. The van der Waals surface area contributed by atoms with Crippen molar-refractivity contribution in [1.29, 1.82) is 0 Å². The lowest BCUT2D eigenvalue weighted by molar-refractivity contribution is -0.384. The van der Waals surface area contributed by atoms with Crippen LogP contribution in [-0.2, 0) is 9.59 Å². The molecule has 0 aliphatic carbocycles. The van der Waals surface area contributed by atoms with E-state index in [1.54, 1.807) is 43.3 Å². The number of amides is 2. The summed E-state index contributed by atoms with van der Waals surface area (Å²) in [6.07, 6.45) is 3.19. The van der Waals surface area contributed by atoms with Gasteiger partial charge in [0.1, 0.15) is 0 Å². The van der Waals surface area contributed by atoms with Crippen molar-refractivity contribution in [3.63, 3.8) is 0 Å². The molecule has 0 aromatic heterocycles. The van der Waals surface area contributed by atoms with E-state index >= 15 is 0 Å². The summed E-state index contributed by atoms with van der Waals surface area (Å²) < 4.78 is 0. The maximum atomic E-state index is 11.9. The first-order valence-electron chi connectivity index (χ1n) is 7.61. The largest absolute Gasteiger partial charge is 0.326 e. The van der Waals surface area contributed by atoms with E-state index in [1.807, 2.05) is 0 Å². The Morgan fingerprint density at radius 3 is 2.32 bits per heavy atom. The van der Waals surface area contributed by atoms with Gasteiger partial charge in [0.2, 0.25) is 11.8 Å². The molecular formula is C18H17N3O4. The summed E-state index contributed by atoms with van der Waals surface area (Å²) in [7, 11) is 0. The van der Waals surface area contributed by atoms with Crippen LogP contribution in [0.25, 0.3) is 6.08 Å². The first-order valence-corrected chi connectivity index (χ1v) is 7.61. The van der Waals surface area contributed by atoms with Crippen LogP contribution in [0.3, 0.4) is 0 Å². The zero-order chi connectivity index (χ0) is 18.2. The first kappa shape index (κ1) is 17.9. The van der Waals surface area contributed by atoms with Gasteiger partial charge in [0, 0.05) is 36.0 Å². The van der Waals surface area contributed by atoms with Gasteiger partial charge >= 0.3 is 0 Å². The SMILES string of the molecule is CCC(=O)Nc1ccc(NC(=O)/C=C/c2cccc([N+](=O)[O-])c2)cc1. The van der Waals surface area contributed by atoms with Crippen molar-refractivity contribution in [3.8, 4) is 0 Å². The van der Waals surface area contributed by atoms with Crippen molar-refractivity contribution >= 4 is 35.0 Å². The third kappa shape index (κ3) is 5.58. The molecule has 7 heteroatoms. The molecule has 0 atom stereocenters. The molecule has 0 bridgehead atoms. The average molecular weight is 339 g/mol. The minimum atomic E-state index is -0.490. The molecule has 0 saturated carbocycles. The van der Waals surface area contributed by atoms with Gasteiger partial charge in [-0.1, -0.05) is 19.1 Å². The lowest BCUT2D eigenvalue weighted by atomic mass is 10.2. The summed E-state index contributed by atoms with van der Waals surface area (Å²) in [5.41, 5.74) is 1.74. The van der Waals surface area contributed by atoms with Crippen molar-refractivity contribution in [2.45, 2.75) is 13.3 Å². The van der Waals surface area contributed by atoms with E-state index in [2.05, 4.69) is 10.6 Å². The Morgan fingerprint density at radius 1 is 1.08 bits per heavy atom. The highest BCUT2D eigenvalue weighted by atomic mass is 16.6. The minimum absolute atomic E-state index is 0.0349. The summed E-state index contributed by atoms with van der Waals surface area (Å²) in [5.74, 6) is -0.450. The number of nitro groups is 1. The number of hydrogen-bond acceptors (Lipinski definition) is 4. The Balaban J connectivity index is 1.96. The van der Waals surface area contributed by atoms with E-state index in [-0.39, 0.29) is 17.5 Å². The second-order valence-corrected chi connectivity index (χ2v) is 5.15. The molecule has 0 spiro atoms. The van der Waals surface area contributed by atoms with Crippen LogP contribution >= 0.6 is 0 Å².